The first-order valence-corrected chi connectivity index (χ1v) is 13.9. The summed E-state index contributed by atoms with van der Waals surface area (Å²) >= 11 is 5.89. The first-order valence-electron chi connectivity index (χ1n) is 13.5. The standard InChI is InChI=1S/C31H30F3N5OS/c1-20-19-24(21(2)38(20)27-9-4-3-7-25(27)31(32,33)34)29-28(26-8-5-6-14-35-26)36-30(41)39(29)23-12-10-22(11-13-23)37-15-17-40-18-16-37/h3-14,19,28-29H,15-18H2,1-2H3,(H,36,41)/t28-,29-/m1/s1. The van der Waals surface area contributed by atoms with E-state index in [-0.39, 0.29) is 17.8 Å². The fourth-order valence-electron chi connectivity index (χ4n) is 5.96. The number of alkyl halides is 3. The minimum absolute atomic E-state index is 0.102. The molecule has 41 heavy (non-hydrogen) atoms. The van der Waals surface area contributed by atoms with Gasteiger partial charge in [-0.2, -0.15) is 13.2 Å². The minimum atomic E-state index is -4.48. The van der Waals surface area contributed by atoms with Gasteiger partial charge in [-0.05, 0) is 86.2 Å². The van der Waals surface area contributed by atoms with Crippen LogP contribution in [0, 0.1) is 13.8 Å². The Morgan fingerprint density at radius 1 is 0.927 bits per heavy atom. The summed E-state index contributed by atoms with van der Waals surface area (Å²) in [5, 5.41) is 3.99. The van der Waals surface area contributed by atoms with Crippen molar-refractivity contribution in [3.8, 4) is 5.69 Å². The largest absolute Gasteiger partial charge is 0.418 e. The first kappa shape index (κ1) is 27.3. The van der Waals surface area contributed by atoms with E-state index in [0.717, 1.165) is 41.8 Å². The summed E-state index contributed by atoms with van der Waals surface area (Å²) in [4.78, 5) is 8.96. The molecule has 2 aliphatic heterocycles. The van der Waals surface area contributed by atoms with Crippen LogP contribution in [-0.4, -0.2) is 41.0 Å². The van der Waals surface area contributed by atoms with E-state index in [1.807, 2.05) is 50.2 Å². The van der Waals surface area contributed by atoms with E-state index in [1.54, 1.807) is 16.8 Å². The predicted octanol–water partition coefficient (Wildman–Crippen LogP) is 6.52. The molecule has 0 saturated carbocycles. The molecule has 0 bridgehead atoms. The average Bonchev–Trinajstić information content (AvgIpc) is 3.48. The Morgan fingerprint density at radius 2 is 1.61 bits per heavy atom. The lowest BCUT2D eigenvalue weighted by atomic mass is 9.96. The Labute approximate surface area is 242 Å². The maximum Gasteiger partial charge on any atom is 0.418 e. The molecule has 2 fully saturated rings. The number of nitrogens with zero attached hydrogens (tertiary/aromatic N) is 4. The van der Waals surface area contributed by atoms with E-state index < -0.39 is 11.7 Å². The van der Waals surface area contributed by atoms with E-state index in [9.17, 15) is 13.2 Å². The van der Waals surface area contributed by atoms with E-state index in [0.29, 0.717) is 29.7 Å². The summed E-state index contributed by atoms with van der Waals surface area (Å²) in [6, 6.07) is 21.0. The SMILES string of the molecule is Cc1cc([C@@H]2[C@@H](c3ccccn3)NC(=S)N2c2ccc(N3CCOCC3)cc2)c(C)n1-c1ccccc1C(F)(F)F. The van der Waals surface area contributed by atoms with Crippen LogP contribution in [0.2, 0.25) is 0 Å². The smallest absolute Gasteiger partial charge is 0.378 e. The molecular weight excluding hydrogens is 547 g/mol. The number of anilines is 2. The molecular formula is C31H30F3N5OS. The zero-order valence-corrected chi connectivity index (χ0v) is 23.5. The van der Waals surface area contributed by atoms with Crippen molar-refractivity contribution in [2.24, 2.45) is 0 Å². The molecule has 1 N–H and O–H groups in total. The van der Waals surface area contributed by atoms with Gasteiger partial charge in [0.1, 0.15) is 0 Å². The van der Waals surface area contributed by atoms with Crippen molar-refractivity contribution in [2.45, 2.75) is 32.1 Å². The van der Waals surface area contributed by atoms with Gasteiger partial charge in [-0.15, -0.1) is 0 Å². The molecule has 2 saturated heterocycles. The number of rotatable bonds is 5. The molecule has 0 unspecified atom stereocenters. The second-order valence-electron chi connectivity index (χ2n) is 10.3. The van der Waals surface area contributed by atoms with Crippen molar-refractivity contribution < 1.29 is 17.9 Å². The number of hydrogen-bond acceptors (Lipinski definition) is 4. The van der Waals surface area contributed by atoms with Gasteiger partial charge in [-0.3, -0.25) is 4.98 Å². The number of aromatic nitrogens is 2. The molecule has 0 radical (unpaired) electrons. The maximum atomic E-state index is 14.0. The molecule has 0 spiro atoms. The summed E-state index contributed by atoms with van der Waals surface area (Å²) in [7, 11) is 0. The topological polar surface area (TPSA) is 45.6 Å². The Morgan fingerprint density at radius 3 is 2.29 bits per heavy atom. The number of aryl methyl sites for hydroxylation is 1. The van der Waals surface area contributed by atoms with E-state index in [4.69, 9.17) is 17.0 Å². The third-order valence-electron chi connectivity index (χ3n) is 7.84. The lowest BCUT2D eigenvalue weighted by Gasteiger charge is -2.31. The predicted molar refractivity (Wildman–Crippen MR) is 158 cm³/mol. The molecule has 2 aliphatic rings. The Hall–Kier alpha value is -3.89. The second-order valence-corrected chi connectivity index (χ2v) is 10.7. The van der Waals surface area contributed by atoms with Crippen molar-refractivity contribution in [3.63, 3.8) is 0 Å². The molecule has 6 rings (SSSR count). The summed E-state index contributed by atoms with van der Waals surface area (Å²) < 4.78 is 49.3. The van der Waals surface area contributed by atoms with E-state index in [1.165, 1.54) is 12.1 Å². The van der Waals surface area contributed by atoms with Gasteiger partial charge in [0, 0.05) is 42.0 Å². The molecule has 2 aromatic heterocycles. The number of morpholine rings is 1. The third kappa shape index (κ3) is 5.06. The van der Waals surface area contributed by atoms with Gasteiger partial charge < -0.3 is 24.4 Å². The fourth-order valence-corrected chi connectivity index (χ4v) is 6.31. The van der Waals surface area contributed by atoms with Crippen LogP contribution in [0.1, 0.15) is 40.3 Å². The highest BCUT2D eigenvalue weighted by molar-refractivity contribution is 7.80. The zero-order chi connectivity index (χ0) is 28.7. The average molecular weight is 578 g/mol. The van der Waals surface area contributed by atoms with Crippen LogP contribution in [0.3, 0.4) is 0 Å². The van der Waals surface area contributed by atoms with Crippen molar-refractivity contribution in [3.05, 3.63) is 107 Å². The number of pyridine rings is 1. The number of ether oxygens (including phenoxy) is 1. The van der Waals surface area contributed by atoms with Gasteiger partial charge >= 0.3 is 6.18 Å². The van der Waals surface area contributed by atoms with Crippen molar-refractivity contribution >= 4 is 28.7 Å². The molecule has 0 aliphatic carbocycles. The lowest BCUT2D eigenvalue weighted by molar-refractivity contribution is -0.137. The lowest BCUT2D eigenvalue weighted by Crippen LogP contribution is -2.36. The van der Waals surface area contributed by atoms with Crippen molar-refractivity contribution in [2.75, 3.05) is 36.1 Å². The molecule has 2 atom stereocenters. The van der Waals surface area contributed by atoms with Crippen LogP contribution in [-0.2, 0) is 10.9 Å². The van der Waals surface area contributed by atoms with Crippen LogP contribution >= 0.6 is 12.2 Å². The van der Waals surface area contributed by atoms with Crippen LogP contribution in [0.5, 0.6) is 0 Å². The molecule has 2 aromatic carbocycles. The Bertz CT molecular complexity index is 1550. The van der Waals surface area contributed by atoms with Gasteiger partial charge in [0.05, 0.1) is 42.2 Å². The Kier molecular flexibility index (Phi) is 7.21. The first-order chi connectivity index (χ1) is 19.7. The van der Waals surface area contributed by atoms with E-state index >= 15 is 0 Å². The molecule has 10 heteroatoms. The number of hydrogen-bond donors (Lipinski definition) is 1. The minimum Gasteiger partial charge on any atom is -0.378 e. The summed E-state index contributed by atoms with van der Waals surface area (Å²) in [6.07, 6.45) is -2.75. The fraction of sp³-hybridized carbons (Fsp3) is 0.290. The second kappa shape index (κ2) is 10.8. The van der Waals surface area contributed by atoms with E-state index in [2.05, 4.69) is 32.2 Å². The highest BCUT2D eigenvalue weighted by Crippen LogP contribution is 2.45. The molecule has 4 heterocycles. The quantitative estimate of drug-likeness (QED) is 0.273. The van der Waals surface area contributed by atoms with Gasteiger partial charge in [-0.1, -0.05) is 18.2 Å². The number of para-hydroxylation sites is 1. The summed E-state index contributed by atoms with van der Waals surface area (Å²) in [6.45, 7) is 6.76. The summed E-state index contributed by atoms with van der Waals surface area (Å²) in [5.41, 5.74) is 4.52. The Balaban J connectivity index is 1.46. The van der Waals surface area contributed by atoms with Gasteiger partial charge in [0.15, 0.2) is 5.11 Å². The van der Waals surface area contributed by atoms with Crippen molar-refractivity contribution in [1.29, 1.82) is 0 Å². The zero-order valence-electron chi connectivity index (χ0n) is 22.7. The van der Waals surface area contributed by atoms with Crippen LogP contribution < -0.4 is 15.1 Å². The van der Waals surface area contributed by atoms with Gasteiger partial charge in [-0.25, -0.2) is 0 Å². The normalized spacial score (nSPS) is 19.5. The third-order valence-corrected chi connectivity index (χ3v) is 8.16. The van der Waals surface area contributed by atoms with Crippen LogP contribution in [0.25, 0.3) is 5.69 Å². The number of benzene rings is 2. The molecule has 212 valence electrons. The summed E-state index contributed by atoms with van der Waals surface area (Å²) in [5.74, 6) is 0. The van der Waals surface area contributed by atoms with Gasteiger partial charge in [0.2, 0.25) is 0 Å². The highest BCUT2D eigenvalue weighted by Gasteiger charge is 2.43. The van der Waals surface area contributed by atoms with Gasteiger partial charge in [0.25, 0.3) is 0 Å². The monoisotopic (exact) mass is 577 g/mol. The van der Waals surface area contributed by atoms with Crippen LogP contribution in [0.4, 0.5) is 24.5 Å². The maximum absolute atomic E-state index is 14.0. The molecule has 0 amide bonds. The van der Waals surface area contributed by atoms with Crippen molar-refractivity contribution in [1.82, 2.24) is 14.9 Å². The number of halogens is 3. The number of nitrogens with one attached hydrogen (secondary N) is 1. The molecule has 6 nitrogen and oxygen atoms in total. The number of thiocarbonyl (C=S) groups is 1. The highest BCUT2D eigenvalue weighted by atomic mass is 32.1. The molecule has 4 aromatic rings. The van der Waals surface area contributed by atoms with Crippen LogP contribution in [0.15, 0.2) is 79.0 Å².